The third kappa shape index (κ3) is 4.27. The molecule has 0 radical (unpaired) electrons. The minimum Gasteiger partial charge on any atom is -0.507 e. The predicted molar refractivity (Wildman–Crippen MR) is 92.7 cm³/mol. The molecule has 2 aromatic rings. The molecule has 1 N–H and O–H groups in total. The summed E-state index contributed by atoms with van der Waals surface area (Å²) in [5, 5.41) is 10.7. The van der Waals surface area contributed by atoms with Crippen LogP contribution in [-0.4, -0.2) is 20.1 Å². The molecule has 0 aliphatic carbocycles. The predicted octanol–water partition coefficient (Wildman–Crippen LogP) is 3.96. The second-order valence-electron chi connectivity index (χ2n) is 8.09. The number of nitrogens with zero attached hydrogens (tertiary/aromatic N) is 3. The molecule has 1 aromatic heterocycles. The Labute approximate surface area is 139 Å². The van der Waals surface area contributed by atoms with Crippen molar-refractivity contribution < 1.29 is 5.11 Å². The molecule has 0 atom stereocenters. The van der Waals surface area contributed by atoms with Crippen molar-refractivity contribution in [1.29, 1.82) is 0 Å². The van der Waals surface area contributed by atoms with E-state index in [4.69, 9.17) is 0 Å². The molecule has 0 spiro atoms. The van der Waals surface area contributed by atoms with Crippen molar-refractivity contribution in [3.63, 3.8) is 0 Å². The van der Waals surface area contributed by atoms with Crippen molar-refractivity contribution in [3.05, 3.63) is 47.3 Å². The second kappa shape index (κ2) is 6.26. The van der Waals surface area contributed by atoms with Gasteiger partial charge < -0.3 is 5.11 Å². The van der Waals surface area contributed by atoms with Gasteiger partial charge in [0, 0.05) is 6.42 Å². The number of hydrogen-bond donors (Lipinski definition) is 1. The van der Waals surface area contributed by atoms with E-state index in [1.54, 1.807) is 0 Å². The number of phenolic OH excluding ortho intramolecular Hbond substituents is 1. The van der Waals surface area contributed by atoms with Crippen molar-refractivity contribution in [2.75, 3.05) is 0 Å². The van der Waals surface area contributed by atoms with E-state index in [0.717, 1.165) is 29.8 Å². The van der Waals surface area contributed by atoms with Crippen LogP contribution in [0.2, 0.25) is 0 Å². The first kappa shape index (κ1) is 17.4. The number of aryl methyl sites for hydroxylation is 2. The quantitative estimate of drug-likeness (QED) is 0.932. The van der Waals surface area contributed by atoms with Crippen LogP contribution in [-0.2, 0) is 23.7 Å². The van der Waals surface area contributed by atoms with Gasteiger partial charge in [0.1, 0.15) is 24.2 Å². The molecule has 0 fully saturated rings. The van der Waals surface area contributed by atoms with Crippen LogP contribution in [0, 0.1) is 0 Å². The highest BCUT2D eigenvalue weighted by Crippen LogP contribution is 2.39. The highest BCUT2D eigenvalue weighted by atomic mass is 16.3. The summed E-state index contributed by atoms with van der Waals surface area (Å²) in [5.41, 5.74) is 2.99. The van der Waals surface area contributed by atoms with Gasteiger partial charge in [-0.25, -0.2) is 15.0 Å². The first-order valence-electron chi connectivity index (χ1n) is 8.07. The summed E-state index contributed by atoms with van der Waals surface area (Å²) >= 11 is 0. The number of hydrogen-bond acceptors (Lipinski definition) is 4. The van der Waals surface area contributed by atoms with Crippen LogP contribution < -0.4 is 0 Å². The van der Waals surface area contributed by atoms with Gasteiger partial charge in [-0.15, -0.1) is 0 Å². The Morgan fingerprint density at radius 2 is 1.30 bits per heavy atom. The molecule has 0 saturated heterocycles. The zero-order valence-electron chi connectivity index (χ0n) is 15.0. The molecule has 0 aliphatic heterocycles. The minimum absolute atomic E-state index is 0.104. The summed E-state index contributed by atoms with van der Waals surface area (Å²) in [7, 11) is 0. The Morgan fingerprint density at radius 1 is 0.826 bits per heavy atom. The Kier molecular flexibility index (Phi) is 4.73. The zero-order valence-corrected chi connectivity index (χ0v) is 15.0. The van der Waals surface area contributed by atoms with E-state index < -0.39 is 0 Å². The average molecular weight is 313 g/mol. The van der Waals surface area contributed by atoms with Crippen molar-refractivity contribution in [1.82, 2.24) is 15.0 Å². The lowest BCUT2D eigenvalue weighted by atomic mass is 9.78. The lowest BCUT2D eigenvalue weighted by Crippen LogP contribution is -2.18. The maximum absolute atomic E-state index is 10.7. The molecule has 23 heavy (non-hydrogen) atoms. The van der Waals surface area contributed by atoms with Gasteiger partial charge in [0.2, 0.25) is 0 Å². The van der Waals surface area contributed by atoms with Gasteiger partial charge in [-0.1, -0.05) is 53.7 Å². The Hall–Kier alpha value is -1.97. The van der Waals surface area contributed by atoms with Crippen LogP contribution in [0.4, 0.5) is 0 Å². The Morgan fingerprint density at radius 3 is 1.74 bits per heavy atom. The van der Waals surface area contributed by atoms with Gasteiger partial charge in [0.25, 0.3) is 0 Å². The zero-order chi connectivity index (χ0) is 17.3. The summed E-state index contributed by atoms with van der Waals surface area (Å²) in [6.07, 6.45) is 4.66. The summed E-state index contributed by atoms with van der Waals surface area (Å²) in [5.74, 6) is 1.22. The number of aromatic hydroxyl groups is 1. The van der Waals surface area contributed by atoms with Gasteiger partial charge in [0.15, 0.2) is 0 Å². The molecule has 4 nitrogen and oxygen atoms in total. The molecular formula is C19H27N3O. The average Bonchev–Trinajstić information content (AvgIpc) is 2.44. The third-order valence-corrected chi connectivity index (χ3v) is 3.97. The number of rotatable bonds is 3. The van der Waals surface area contributed by atoms with Gasteiger partial charge in [-0.05, 0) is 33.9 Å². The van der Waals surface area contributed by atoms with Crippen LogP contribution in [0.25, 0.3) is 0 Å². The maximum atomic E-state index is 10.7. The normalized spacial score (nSPS) is 12.4. The van der Waals surface area contributed by atoms with Crippen molar-refractivity contribution in [3.8, 4) is 5.75 Å². The van der Waals surface area contributed by atoms with E-state index in [-0.39, 0.29) is 10.8 Å². The van der Waals surface area contributed by atoms with Crippen LogP contribution in [0.3, 0.4) is 0 Å². The summed E-state index contributed by atoms with van der Waals surface area (Å²) in [6, 6.07) is 4.23. The fraction of sp³-hybridized carbons (Fsp3) is 0.526. The SMILES string of the molecule is CC(C)(C)c1cc(CCc2ncncn2)cc(C(C)(C)C)c1O. The first-order valence-corrected chi connectivity index (χ1v) is 8.07. The van der Waals surface area contributed by atoms with Crippen LogP contribution in [0.15, 0.2) is 24.8 Å². The van der Waals surface area contributed by atoms with E-state index in [1.165, 1.54) is 18.2 Å². The van der Waals surface area contributed by atoms with Crippen molar-refractivity contribution in [2.45, 2.75) is 65.2 Å². The maximum Gasteiger partial charge on any atom is 0.132 e. The lowest BCUT2D eigenvalue weighted by molar-refractivity contribution is 0.422. The molecule has 0 saturated carbocycles. The minimum atomic E-state index is -0.104. The molecule has 2 rings (SSSR count). The van der Waals surface area contributed by atoms with Crippen molar-refractivity contribution >= 4 is 0 Å². The highest BCUT2D eigenvalue weighted by Gasteiger charge is 2.26. The molecule has 0 aliphatic rings. The largest absolute Gasteiger partial charge is 0.507 e. The summed E-state index contributed by atoms with van der Waals surface area (Å²) < 4.78 is 0. The smallest absolute Gasteiger partial charge is 0.132 e. The molecule has 1 aromatic carbocycles. The van der Waals surface area contributed by atoms with E-state index in [2.05, 4.69) is 68.6 Å². The Balaban J connectivity index is 2.40. The molecule has 0 bridgehead atoms. The van der Waals surface area contributed by atoms with Crippen LogP contribution in [0.5, 0.6) is 5.75 Å². The summed E-state index contributed by atoms with van der Waals surface area (Å²) in [6.45, 7) is 12.8. The lowest BCUT2D eigenvalue weighted by Gasteiger charge is -2.28. The topological polar surface area (TPSA) is 58.9 Å². The molecule has 4 heteroatoms. The Bertz CT molecular complexity index is 632. The van der Waals surface area contributed by atoms with Crippen molar-refractivity contribution in [2.24, 2.45) is 0 Å². The van der Waals surface area contributed by atoms with Gasteiger partial charge >= 0.3 is 0 Å². The monoisotopic (exact) mass is 313 g/mol. The molecule has 0 amide bonds. The van der Waals surface area contributed by atoms with E-state index >= 15 is 0 Å². The fourth-order valence-corrected chi connectivity index (χ4v) is 2.63. The van der Waals surface area contributed by atoms with E-state index in [1.807, 2.05) is 0 Å². The second-order valence-corrected chi connectivity index (χ2v) is 8.09. The van der Waals surface area contributed by atoms with Crippen LogP contribution >= 0.6 is 0 Å². The number of benzene rings is 1. The summed E-state index contributed by atoms with van der Waals surface area (Å²) in [4.78, 5) is 12.2. The molecular weight excluding hydrogens is 286 g/mol. The van der Waals surface area contributed by atoms with Gasteiger partial charge in [-0.3, -0.25) is 0 Å². The first-order chi connectivity index (χ1) is 10.6. The van der Waals surface area contributed by atoms with Gasteiger partial charge in [-0.2, -0.15) is 0 Å². The third-order valence-electron chi connectivity index (χ3n) is 3.97. The standard InChI is InChI=1S/C19H27N3O/c1-18(2,3)14-9-13(7-8-16-21-11-20-12-22-16)10-15(17(14)23)19(4,5)6/h9-12,23H,7-8H2,1-6H3. The molecule has 0 unspecified atom stereocenters. The number of aromatic nitrogens is 3. The number of phenols is 1. The van der Waals surface area contributed by atoms with E-state index in [0.29, 0.717) is 5.75 Å². The highest BCUT2D eigenvalue weighted by molar-refractivity contribution is 5.50. The molecule has 124 valence electrons. The molecule has 1 heterocycles. The van der Waals surface area contributed by atoms with E-state index in [9.17, 15) is 5.11 Å². The van der Waals surface area contributed by atoms with Gasteiger partial charge in [0.05, 0.1) is 0 Å². The van der Waals surface area contributed by atoms with Crippen LogP contribution in [0.1, 0.15) is 64.1 Å². The fourth-order valence-electron chi connectivity index (χ4n) is 2.63.